The molecule has 0 saturated carbocycles. The van der Waals surface area contributed by atoms with E-state index in [1.807, 2.05) is 200 Å². The number of hydrogen-bond donors (Lipinski definition) is 0. The smallest absolute Gasteiger partial charge is 0.200 e. The number of rotatable bonds is 14. The summed E-state index contributed by atoms with van der Waals surface area (Å²) in [7, 11) is -12.1. The molecular weight excluding hydrogens is 1480 g/mol. The lowest BCUT2D eigenvalue weighted by atomic mass is 9.88. The van der Waals surface area contributed by atoms with Gasteiger partial charge in [0, 0.05) is 14.7 Å². The molecule has 0 bridgehead atoms. The summed E-state index contributed by atoms with van der Waals surface area (Å²) in [5, 5.41) is 15.3. The SMILES string of the molecule is O=S(=O)(OS(c1c(-c2cccc3ccccc23)cc(-c2cccc3ccccc23)cc1-c1cccc2ccccc12)(c1c(-c2cccc3ccccc23)cc(-c2cccc3ccccc23)cc1-c1cccc2ccccc12)c1c(-c2cccc3ccccc23)cc(-c2cccc3ccccc23)cc1-c1cccc2ccccc12)C(F)(F)F. The quantitative estimate of drug-likeness (QED) is 0.102. The molecule has 8 heteroatoms. The minimum absolute atomic E-state index is 0.203. The van der Waals surface area contributed by atoms with Gasteiger partial charge in [-0.3, -0.25) is 0 Å². The van der Waals surface area contributed by atoms with Crippen LogP contribution in [0.2, 0.25) is 0 Å². The normalized spacial score (nSPS) is 12.3. The predicted molar refractivity (Wildman–Crippen MR) is 484 cm³/mol. The van der Waals surface area contributed by atoms with Gasteiger partial charge in [0.25, 0.3) is 0 Å². The lowest BCUT2D eigenvalue weighted by molar-refractivity contribution is -0.0496. The molecular formula is C109H69F3O3S2. The van der Waals surface area contributed by atoms with Crippen LogP contribution >= 0.6 is 10.3 Å². The molecule has 0 aliphatic heterocycles. The first-order valence-electron chi connectivity index (χ1n) is 39.2. The highest BCUT2D eigenvalue weighted by molar-refractivity contribution is 8.33. The molecule has 0 amide bonds. The molecule has 556 valence electrons. The van der Waals surface area contributed by atoms with Gasteiger partial charge in [0.1, 0.15) is 0 Å². The van der Waals surface area contributed by atoms with Gasteiger partial charge in [-0.15, -0.1) is 0 Å². The Kier molecular flexibility index (Phi) is 17.3. The molecule has 3 nitrogen and oxygen atoms in total. The maximum atomic E-state index is 18.3. The van der Waals surface area contributed by atoms with Gasteiger partial charge in [0.15, 0.2) is 0 Å². The lowest BCUT2D eigenvalue weighted by Gasteiger charge is -2.47. The second-order valence-electron chi connectivity index (χ2n) is 30.0. The van der Waals surface area contributed by atoms with E-state index in [4.69, 9.17) is 3.63 Å². The summed E-state index contributed by atoms with van der Waals surface area (Å²) in [6.07, 6.45) is 0. The van der Waals surface area contributed by atoms with Gasteiger partial charge in [-0.05, 0) is 244 Å². The Hall–Kier alpha value is -14.0. The van der Waals surface area contributed by atoms with Crippen LogP contribution in [0.4, 0.5) is 13.2 Å². The maximum Gasteiger partial charge on any atom is 0.524 e. The fourth-order valence-corrected chi connectivity index (χ4v) is 23.9. The average Bonchev–Trinajstić information content (AvgIpc) is 0.678. The van der Waals surface area contributed by atoms with Crippen LogP contribution in [0.1, 0.15) is 0 Å². The van der Waals surface area contributed by atoms with E-state index in [0.29, 0.717) is 66.8 Å². The molecule has 21 aromatic carbocycles. The first kappa shape index (κ1) is 70.8. The summed E-state index contributed by atoms with van der Waals surface area (Å²) in [5.41, 5.74) is 4.90. The molecule has 117 heavy (non-hydrogen) atoms. The number of alkyl halides is 3. The molecule has 0 radical (unpaired) electrons. The van der Waals surface area contributed by atoms with Crippen molar-refractivity contribution in [3.8, 4) is 100 Å². The summed E-state index contributed by atoms with van der Waals surface area (Å²) in [6, 6.07) is 141. The van der Waals surface area contributed by atoms with E-state index in [1.165, 1.54) is 0 Å². The summed E-state index contributed by atoms with van der Waals surface area (Å²) < 4.78 is 97.5. The molecule has 21 rings (SSSR count). The highest BCUT2D eigenvalue weighted by Gasteiger charge is 2.56. The van der Waals surface area contributed by atoms with Crippen molar-refractivity contribution in [1.82, 2.24) is 0 Å². The second-order valence-corrected chi connectivity index (χ2v) is 34.2. The minimum Gasteiger partial charge on any atom is -0.200 e. The summed E-state index contributed by atoms with van der Waals surface area (Å²) in [6.45, 7) is 0. The van der Waals surface area contributed by atoms with Crippen molar-refractivity contribution in [2.24, 2.45) is 0 Å². The van der Waals surface area contributed by atoms with Gasteiger partial charge in [-0.25, -0.2) is 0 Å². The number of hydrogen-bond acceptors (Lipinski definition) is 3. The Morgan fingerprint density at radius 2 is 0.325 bits per heavy atom. The molecule has 0 heterocycles. The largest absolute Gasteiger partial charge is 0.524 e. The van der Waals surface area contributed by atoms with E-state index < -0.39 is 25.9 Å². The number of halogens is 3. The molecule has 0 aliphatic rings. The summed E-state index contributed by atoms with van der Waals surface area (Å²) >= 11 is 0. The monoisotopic (exact) mass is 1550 g/mol. The first-order chi connectivity index (χ1) is 57.4. The van der Waals surface area contributed by atoms with Crippen molar-refractivity contribution in [3.05, 3.63) is 419 Å². The maximum absolute atomic E-state index is 18.3. The van der Waals surface area contributed by atoms with E-state index in [0.717, 1.165) is 130 Å². The zero-order valence-electron chi connectivity index (χ0n) is 63.0. The average molecular weight is 1550 g/mol. The van der Waals surface area contributed by atoms with Gasteiger partial charge in [-0.2, -0.15) is 25.2 Å². The highest BCUT2D eigenvalue weighted by Crippen LogP contribution is 2.81. The van der Waals surface area contributed by atoms with Crippen molar-refractivity contribution in [3.63, 3.8) is 0 Å². The highest BCUT2D eigenvalue weighted by atomic mass is 32.3. The molecule has 0 atom stereocenters. The van der Waals surface area contributed by atoms with Crippen molar-refractivity contribution in [2.75, 3.05) is 0 Å². The number of fused-ring (bicyclic) bond motifs is 9. The summed E-state index contributed by atoms with van der Waals surface area (Å²) in [5.74, 6) is 0. The fraction of sp³-hybridized carbons (Fsp3) is 0.00917. The Labute approximate surface area is 676 Å². The van der Waals surface area contributed by atoms with Gasteiger partial charge in [0.05, 0.1) is 0 Å². The molecule has 0 N–H and O–H groups in total. The second kappa shape index (κ2) is 28.5. The third-order valence-electron chi connectivity index (χ3n) is 23.4. The Balaban J connectivity index is 1.14. The standard InChI is InChI=1S/C109H69F3O3S2/c110-109(111,112)117(113,114)115-116(106-100(94-58-22-40-73-31-4-13-49-85(73)94)64-79(91-55-19-37-70-28-1-10-46-82(70)91)65-101(106)95-59-23-41-74-32-5-14-50-86(74)95,107-102(96-60-24-42-75-33-6-15-51-87(75)96)66-80(92-56-20-38-71-29-2-11-47-83(71)92)67-103(107)97-61-25-43-76-34-7-16-52-88(76)97)108-104(98-62-26-44-77-35-8-17-53-89(77)98)68-81(93-57-21-39-72-30-3-12-48-84(72)93)69-105(108)99-63-27-45-78-36-9-18-54-90(78)99/h1-69H. The molecule has 0 unspecified atom stereocenters. The van der Waals surface area contributed by atoms with Gasteiger partial charge in [-0.1, -0.05) is 382 Å². The molecule has 0 spiro atoms. The Bertz CT molecular complexity index is 6740. The third-order valence-corrected chi connectivity index (χ3v) is 28.5. The molecule has 0 aromatic heterocycles. The van der Waals surface area contributed by atoms with Crippen LogP contribution in [0.3, 0.4) is 0 Å². The lowest BCUT2D eigenvalue weighted by Crippen LogP contribution is -2.29. The van der Waals surface area contributed by atoms with Crippen LogP contribution in [-0.4, -0.2) is 13.9 Å². The summed E-state index contributed by atoms with van der Waals surface area (Å²) in [4.78, 5) is 0.608. The minimum atomic E-state index is -6.98. The van der Waals surface area contributed by atoms with E-state index in [2.05, 4.69) is 218 Å². The molecule has 0 fully saturated rings. The molecule has 21 aromatic rings. The van der Waals surface area contributed by atoms with Gasteiger partial charge >= 0.3 is 15.6 Å². The third kappa shape index (κ3) is 12.0. The van der Waals surface area contributed by atoms with Crippen LogP contribution in [0.25, 0.3) is 197 Å². The van der Waals surface area contributed by atoms with Crippen LogP contribution in [0, 0.1) is 0 Å². The van der Waals surface area contributed by atoms with Gasteiger partial charge < -0.3 is 0 Å². The zero-order chi connectivity index (χ0) is 78.5. The van der Waals surface area contributed by atoms with Crippen molar-refractivity contribution >= 4 is 117 Å². The van der Waals surface area contributed by atoms with Gasteiger partial charge in [0.2, 0.25) is 0 Å². The van der Waals surface area contributed by atoms with Crippen molar-refractivity contribution in [2.45, 2.75) is 20.2 Å². The van der Waals surface area contributed by atoms with E-state index in [1.54, 1.807) is 0 Å². The molecule has 0 saturated heterocycles. The zero-order valence-corrected chi connectivity index (χ0v) is 64.6. The fourth-order valence-electron chi connectivity index (χ4n) is 18.3. The van der Waals surface area contributed by atoms with Crippen molar-refractivity contribution in [1.29, 1.82) is 0 Å². The van der Waals surface area contributed by atoms with Crippen LogP contribution in [-0.2, 0) is 13.7 Å². The van der Waals surface area contributed by atoms with Crippen LogP contribution in [0.5, 0.6) is 0 Å². The predicted octanol–water partition coefficient (Wildman–Crippen LogP) is 31.1. The number of benzene rings is 21. The van der Waals surface area contributed by atoms with Crippen molar-refractivity contribution < 1.29 is 25.2 Å². The Morgan fingerprint density at radius 3 is 0.496 bits per heavy atom. The Morgan fingerprint density at radius 1 is 0.179 bits per heavy atom. The molecule has 0 aliphatic carbocycles. The van der Waals surface area contributed by atoms with E-state index in [-0.39, 0.29) is 14.7 Å². The first-order valence-corrected chi connectivity index (χ1v) is 42.1. The van der Waals surface area contributed by atoms with E-state index in [9.17, 15) is 0 Å². The van der Waals surface area contributed by atoms with Crippen LogP contribution in [0.15, 0.2) is 433 Å². The van der Waals surface area contributed by atoms with Crippen LogP contribution < -0.4 is 0 Å². The topological polar surface area (TPSA) is 43.4 Å². The van der Waals surface area contributed by atoms with E-state index >= 15 is 21.6 Å².